The summed E-state index contributed by atoms with van der Waals surface area (Å²) in [6.07, 6.45) is 5.63. The van der Waals surface area contributed by atoms with E-state index in [1.54, 1.807) is 6.20 Å². The molecule has 0 radical (unpaired) electrons. The van der Waals surface area contributed by atoms with Crippen LogP contribution in [-0.4, -0.2) is 47.2 Å². The molecule has 6 heteroatoms. The van der Waals surface area contributed by atoms with Crippen molar-refractivity contribution in [2.75, 3.05) is 18.1 Å². The number of rotatable bonds is 4. The fourth-order valence-electron chi connectivity index (χ4n) is 3.55. The fourth-order valence-corrected chi connectivity index (χ4v) is 3.55. The van der Waals surface area contributed by atoms with E-state index in [2.05, 4.69) is 18.9 Å². The van der Waals surface area contributed by atoms with Crippen LogP contribution in [0.15, 0.2) is 12.3 Å². The first kappa shape index (κ1) is 16.5. The van der Waals surface area contributed by atoms with E-state index in [9.17, 15) is 4.79 Å². The molecule has 0 saturated carbocycles. The zero-order valence-electron chi connectivity index (χ0n) is 14.3. The molecule has 1 aromatic rings. The lowest BCUT2D eigenvalue weighted by molar-refractivity contribution is -0.133. The number of hydrogen-bond donors (Lipinski definition) is 0. The first-order valence-electron chi connectivity index (χ1n) is 8.67. The van der Waals surface area contributed by atoms with Gasteiger partial charge in [0.05, 0.1) is 24.9 Å². The zero-order valence-corrected chi connectivity index (χ0v) is 14.3. The molecule has 0 N–H and O–H groups in total. The van der Waals surface area contributed by atoms with Crippen LogP contribution in [-0.2, 0) is 14.3 Å². The highest BCUT2D eigenvalue weighted by Gasteiger charge is 2.35. The lowest BCUT2D eigenvalue weighted by Crippen LogP contribution is -2.49. The summed E-state index contributed by atoms with van der Waals surface area (Å²) in [5.74, 6) is 0.868. The molecule has 0 bridgehead atoms. The summed E-state index contributed by atoms with van der Waals surface area (Å²) in [5.41, 5.74) is 0. The number of nitrogens with zero attached hydrogens (tertiary/aromatic N) is 3. The summed E-state index contributed by atoms with van der Waals surface area (Å²) in [6, 6.07) is 2.37. The maximum absolute atomic E-state index is 12.9. The standard InChI is InChI=1S/C17H27N3O3/c1-12-10-13(2)20-16(7-8-18-20)19(12)17(21)14(3)23-11-15-6-4-5-9-22-15/h7-8,12-15H,4-6,9-11H2,1-3H3/t12-,13-,14-,15-/m0/s1. The van der Waals surface area contributed by atoms with E-state index in [1.165, 1.54) is 6.42 Å². The lowest BCUT2D eigenvalue weighted by Gasteiger charge is -2.38. The minimum atomic E-state index is -0.472. The first-order valence-corrected chi connectivity index (χ1v) is 8.67. The highest BCUT2D eigenvalue weighted by Crippen LogP contribution is 2.31. The minimum Gasteiger partial charge on any atom is -0.376 e. The van der Waals surface area contributed by atoms with E-state index in [0.717, 1.165) is 31.7 Å². The van der Waals surface area contributed by atoms with Gasteiger partial charge in [-0.25, -0.2) is 4.68 Å². The molecule has 23 heavy (non-hydrogen) atoms. The van der Waals surface area contributed by atoms with Crippen LogP contribution >= 0.6 is 0 Å². The average Bonchev–Trinajstić information content (AvgIpc) is 3.03. The van der Waals surface area contributed by atoms with Gasteiger partial charge in [-0.15, -0.1) is 0 Å². The van der Waals surface area contributed by atoms with Crippen molar-refractivity contribution in [2.24, 2.45) is 0 Å². The number of hydrogen-bond acceptors (Lipinski definition) is 4. The molecule has 2 aliphatic heterocycles. The second kappa shape index (κ2) is 7.01. The highest BCUT2D eigenvalue weighted by atomic mass is 16.5. The van der Waals surface area contributed by atoms with E-state index < -0.39 is 6.10 Å². The van der Waals surface area contributed by atoms with Crippen LogP contribution in [0.5, 0.6) is 0 Å². The van der Waals surface area contributed by atoms with Gasteiger partial charge >= 0.3 is 0 Å². The maximum atomic E-state index is 12.9. The molecule has 6 nitrogen and oxygen atoms in total. The third-order valence-electron chi connectivity index (χ3n) is 4.83. The van der Waals surface area contributed by atoms with Gasteiger partial charge in [0.2, 0.25) is 0 Å². The Kier molecular flexibility index (Phi) is 5.02. The number of amides is 1. The van der Waals surface area contributed by atoms with Crippen molar-refractivity contribution in [1.82, 2.24) is 9.78 Å². The predicted molar refractivity (Wildman–Crippen MR) is 87.5 cm³/mol. The van der Waals surface area contributed by atoms with E-state index in [4.69, 9.17) is 9.47 Å². The van der Waals surface area contributed by atoms with Crippen LogP contribution in [0, 0.1) is 0 Å². The third kappa shape index (κ3) is 3.43. The van der Waals surface area contributed by atoms with Gasteiger partial charge in [0.1, 0.15) is 11.9 Å². The zero-order chi connectivity index (χ0) is 16.4. The number of fused-ring (bicyclic) bond motifs is 1. The monoisotopic (exact) mass is 321 g/mol. The van der Waals surface area contributed by atoms with Gasteiger partial charge in [-0.05, 0) is 46.5 Å². The van der Waals surface area contributed by atoms with Gasteiger partial charge in [-0.1, -0.05) is 0 Å². The Bertz CT molecular complexity index is 539. The minimum absolute atomic E-state index is 0.00181. The van der Waals surface area contributed by atoms with Gasteiger partial charge in [0, 0.05) is 18.7 Å². The maximum Gasteiger partial charge on any atom is 0.257 e. The van der Waals surface area contributed by atoms with E-state index in [-0.39, 0.29) is 18.1 Å². The molecule has 0 aliphatic carbocycles. The molecule has 128 valence electrons. The summed E-state index contributed by atoms with van der Waals surface area (Å²) in [7, 11) is 0. The Morgan fingerprint density at radius 3 is 3.00 bits per heavy atom. The second-order valence-electron chi connectivity index (χ2n) is 6.74. The number of anilines is 1. The fraction of sp³-hybridized carbons (Fsp3) is 0.765. The molecule has 3 heterocycles. The van der Waals surface area contributed by atoms with Gasteiger partial charge in [-0.2, -0.15) is 5.10 Å². The molecule has 4 atom stereocenters. The van der Waals surface area contributed by atoms with Crippen LogP contribution in [0.2, 0.25) is 0 Å². The van der Waals surface area contributed by atoms with Gasteiger partial charge in [0.25, 0.3) is 5.91 Å². The van der Waals surface area contributed by atoms with Crippen molar-refractivity contribution >= 4 is 11.7 Å². The predicted octanol–water partition coefficient (Wildman–Crippen LogP) is 2.54. The molecule has 1 aromatic heterocycles. The van der Waals surface area contributed by atoms with Gasteiger partial charge < -0.3 is 9.47 Å². The Morgan fingerprint density at radius 1 is 1.43 bits per heavy atom. The van der Waals surface area contributed by atoms with Crippen LogP contribution in [0.4, 0.5) is 5.82 Å². The van der Waals surface area contributed by atoms with Gasteiger partial charge in [-0.3, -0.25) is 9.69 Å². The molecule has 1 saturated heterocycles. The van der Waals surface area contributed by atoms with Crippen LogP contribution in [0.3, 0.4) is 0 Å². The number of carbonyl (C=O) groups excluding carboxylic acids is 1. The molecular weight excluding hydrogens is 294 g/mol. The molecular formula is C17H27N3O3. The summed E-state index contributed by atoms with van der Waals surface area (Å²) in [4.78, 5) is 14.7. The number of carbonyl (C=O) groups is 1. The van der Waals surface area contributed by atoms with Crippen molar-refractivity contribution in [3.63, 3.8) is 0 Å². The SMILES string of the molecule is C[C@H](OC[C@@H]1CCCCO1)C(=O)N1c2ccnn2[C@@H](C)C[C@@H]1C. The average molecular weight is 321 g/mol. The third-order valence-corrected chi connectivity index (χ3v) is 4.83. The van der Waals surface area contributed by atoms with Crippen molar-refractivity contribution in [2.45, 2.75) is 70.7 Å². The summed E-state index contributed by atoms with van der Waals surface area (Å²) in [6.45, 7) is 7.34. The lowest BCUT2D eigenvalue weighted by atomic mass is 10.0. The Morgan fingerprint density at radius 2 is 2.26 bits per heavy atom. The van der Waals surface area contributed by atoms with Crippen molar-refractivity contribution in [3.8, 4) is 0 Å². The quantitative estimate of drug-likeness (QED) is 0.855. The Hall–Kier alpha value is -1.40. The van der Waals surface area contributed by atoms with E-state index >= 15 is 0 Å². The summed E-state index contributed by atoms with van der Waals surface area (Å²) < 4.78 is 13.4. The van der Waals surface area contributed by atoms with Crippen LogP contribution < -0.4 is 4.90 Å². The molecule has 0 spiro atoms. The van der Waals surface area contributed by atoms with Crippen molar-refractivity contribution in [1.29, 1.82) is 0 Å². The smallest absolute Gasteiger partial charge is 0.257 e. The molecule has 0 unspecified atom stereocenters. The normalized spacial score (nSPS) is 29.2. The topological polar surface area (TPSA) is 56.6 Å². The van der Waals surface area contributed by atoms with Crippen LogP contribution in [0.1, 0.15) is 52.5 Å². The van der Waals surface area contributed by atoms with Crippen molar-refractivity contribution in [3.05, 3.63) is 12.3 Å². The molecule has 1 fully saturated rings. The first-order chi connectivity index (χ1) is 11.1. The van der Waals surface area contributed by atoms with E-state index in [0.29, 0.717) is 12.6 Å². The number of aromatic nitrogens is 2. The summed E-state index contributed by atoms with van der Waals surface area (Å²) >= 11 is 0. The summed E-state index contributed by atoms with van der Waals surface area (Å²) in [5, 5.41) is 4.35. The van der Waals surface area contributed by atoms with Crippen molar-refractivity contribution < 1.29 is 14.3 Å². The molecule has 2 aliphatic rings. The molecule has 1 amide bonds. The van der Waals surface area contributed by atoms with E-state index in [1.807, 2.05) is 22.6 Å². The number of ether oxygens (including phenoxy) is 2. The van der Waals surface area contributed by atoms with Gasteiger partial charge in [0.15, 0.2) is 0 Å². The Balaban J connectivity index is 1.63. The molecule has 0 aromatic carbocycles. The Labute approximate surface area is 137 Å². The molecule has 3 rings (SSSR count). The highest BCUT2D eigenvalue weighted by molar-refractivity contribution is 5.96. The largest absolute Gasteiger partial charge is 0.376 e. The van der Waals surface area contributed by atoms with Crippen LogP contribution in [0.25, 0.3) is 0 Å². The second-order valence-corrected chi connectivity index (χ2v) is 6.74.